The zero-order valence-corrected chi connectivity index (χ0v) is 12.2. The van der Waals surface area contributed by atoms with Crippen LogP contribution in [0.3, 0.4) is 0 Å². The van der Waals surface area contributed by atoms with Crippen LogP contribution in [-0.2, 0) is 6.42 Å². The number of nitrogens with zero attached hydrogens (tertiary/aromatic N) is 3. The number of allylic oxidation sites excluding steroid dienone is 1. The molecule has 3 rings (SSSR count). The van der Waals surface area contributed by atoms with Crippen molar-refractivity contribution in [3.63, 3.8) is 0 Å². The van der Waals surface area contributed by atoms with Crippen molar-refractivity contribution >= 4 is 22.9 Å². The SMILES string of the molecule is O=C(C=C(O)c1ccsc1Cc1ccccc1)c1nn[nH]n1. The van der Waals surface area contributed by atoms with E-state index in [-0.39, 0.29) is 11.6 Å². The molecule has 2 aromatic heterocycles. The van der Waals surface area contributed by atoms with Crippen LogP contribution in [0.25, 0.3) is 5.76 Å². The van der Waals surface area contributed by atoms with Gasteiger partial charge in [0.25, 0.3) is 0 Å². The molecule has 7 heteroatoms. The van der Waals surface area contributed by atoms with Crippen molar-refractivity contribution in [2.45, 2.75) is 6.42 Å². The fraction of sp³-hybridized carbons (Fsp3) is 0.0667. The Morgan fingerprint density at radius 1 is 1.27 bits per heavy atom. The van der Waals surface area contributed by atoms with Gasteiger partial charge in [0, 0.05) is 22.9 Å². The summed E-state index contributed by atoms with van der Waals surface area (Å²) in [6, 6.07) is 11.7. The highest BCUT2D eigenvalue weighted by Gasteiger charge is 2.14. The van der Waals surface area contributed by atoms with Gasteiger partial charge in [-0.05, 0) is 22.2 Å². The molecule has 0 unspecified atom stereocenters. The molecule has 0 aliphatic rings. The number of nitrogens with one attached hydrogen (secondary N) is 1. The zero-order valence-electron chi connectivity index (χ0n) is 11.4. The van der Waals surface area contributed by atoms with Crippen LogP contribution in [0.4, 0.5) is 0 Å². The molecule has 0 saturated carbocycles. The number of aliphatic hydroxyl groups is 1. The van der Waals surface area contributed by atoms with Gasteiger partial charge in [0.1, 0.15) is 5.76 Å². The number of aromatic nitrogens is 4. The van der Waals surface area contributed by atoms with E-state index in [2.05, 4.69) is 20.6 Å². The first-order chi connectivity index (χ1) is 10.7. The molecule has 2 N–H and O–H groups in total. The van der Waals surface area contributed by atoms with E-state index >= 15 is 0 Å². The van der Waals surface area contributed by atoms with Gasteiger partial charge < -0.3 is 5.11 Å². The van der Waals surface area contributed by atoms with Crippen molar-refractivity contribution in [1.82, 2.24) is 20.6 Å². The Morgan fingerprint density at radius 3 is 2.82 bits per heavy atom. The largest absolute Gasteiger partial charge is 0.507 e. The Morgan fingerprint density at radius 2 is 2.09 bits per heavy atom. The number of aliphatic hydroxyl groups excluding tert-OH is 1. The van der Waals surface area contributed by atoms with Crippen molar-refractivity contribution in [2.75, 3.05) is 0 Å². The van der Waals surface area contributed by atoms with E-state index in [1.807, 2.05) is 35.7 Å². The second-order valence-corrected chi connectivity index (χ2v) is 5.55. The van der Waals surface area contributed by atoms with E-state index in [0.717, 1.165) is 16.5 Å². The number of rotatable bonds is 5. The Bertz CT molecular complexity index is 794. The number of hydrogen-bond acceptors (Lipinski definition) is 6. The maximum Gasteiger partial charge on any atom is 0.244 e. The van der Waals surface area contributed by atoms with Crippen molar-refractivity contribution in [3.05, 3.63) is 69.7 Å². The van der Waals surface area contributed by atoms with E-state index < -0.39 is 5.78 Å². The van der Waals surface area contributed by atoms with Crippen LogP contribution in [0.5, 0.6) is 0 Å². The first-order valence-corrected chi connectivity index (χ1v) is 7.41. The van der Waals surface area contributed by atoms with Crippen molar-refractivity contribution in [1.29, 1.82) is 0 Å². The monoisotopic (exact) mass is 312 g/mol. The minimum atomic E-state index is -0.497. The van der Waals surface area contributed by atoms with Gasteiger partial charge in [-0.1, -0.05) is 30.3 Å². The Labute approximate surface area is 130 Å². The lowest BCUT2D eigenvalue weighted by Gasteiger charge is -2.03. The number of hydrogen-bond donors (Lipinski definition) is 2. The van der Waals surface area contributed by atoms with Gasteiger partial charge in [0.2, 0.25) is 11.6 Å². The Kier molecular flexibility index (Phi) is 4.06. The number of carbonyl (C=O) groups is 1. The molecule has 3 aromatic rings. The van der Waals surface area contributed by atoms with Crippen LogP contribution in [0.2, 0.25) is 0 Å². The molecule has 0 fully saturated rings. The number of benzene rings is 1. The standard InChI is InChI=1S/C15H12N4O2S/c20-12(9-13(21)15-16-18-19-17-15)11-6-7-22-14(11)8-10-4-2-1-3-5-10/h1-7,9,20H,8H2,(H,16,17,18,19). The third-order valence-corrected chi connectivity index (χ3v) is 3.98. The third-order valence-electron chi connectivity index (χ3n) is 3.06. The smallest absolute Gasteiger partial charge is 0.244 e. The number of tetrazole rings is 1. The highest BCUT2D eigenvalue weighted by molar-refractivity contribution is 7.10. The molecule has 22 heavy (non-hydrogen) atoms. The third kappa shape index (κ3) is 3.09. The quantitative estimate of drug-likeness (QED) is 0.429. The first kappa shape index (κ1) is 14.2. The molecular formula is C15H12N4O2S. The lowest BCUT2D eigenvalue weighted by Crippen LogP contribution is -2.00. The number of aromatic amines is 1. The predicted molar refractivity (Wildman–Crippen MR) is 82.7 cm³/mol. The van der Waals surface area contributed by atoms with Crippen molar-refractivity contribution in [3.8, 4) is 0 Å². The summed E-state index contributed by atoms with van der Waals surface area (Å²) in [6.07, 6.45) is 1.81. The van der Waals surface area contributed by atoms with Crippen LogP contribution in [0, 0.1) is 0 Å². The fourth-order valence-corrected chi connectivity index (χ4v) is 2.94. The summed E-state index contributed by atoms with van der Waals surface area (Å²) in [5.41, 5.74) is 1.79. The van der Waals surface area contributed by atoms with E-state index in [1.165, 1.54) is 11.3 Å². The summed E-state index contributed by atoms with van der Waals surface area (Å²) in [5, 5.41) is 24.8. The molecule has 1 aromatic carbocycles. The lowest BCUT2D eigenvalue weighted by molar-refractivity contribution is 0.103. The van der Waals surface area contributed by atoms with E-state index in [1.54, 1.807) is 6.07 Å². The zero-order chi connectivity index (χ0) is 15.4. The van der Waals surface area contributed by atoms with Gasteiger partial charge in [-0.2, -0.15) is 5.21 Å². The maximum atomic E-state index is 11.9. The van der Waals surface area contributed by atoms with Crippen LogP contribution >= 0.6 is 11.3 Å². The molecule has 110 valence electrons. The van der Waals surface area contributed by atoms with Gasteiger partial charge in [-0.15, -0.1) is 21.5 Å². The summed E-state index contributed by atoms with van der Waals surface area (Å²) in [7, 11) is 0. The van der Waals surface area contributed by atoms with E-state index in [0.29, 0.717) is 12.0 Å². The summed E-state index contributed by atoms with van der Waals surface area (Å²) >= 11 is 1.54. The van der Waals surface area contributed by atoms with Crippen LogP contribution < -0.4 is 0 Å². The van der Waals surface area contributed by atoms with Crippen LogP contribution in [0.15, 0.2) is 47.9 Å². The minimum absolute atomic E-state index is 0.0774. The second-order valence-electron chi connectivity index (χ2n) is 4.55. The average Bonchev–Trinajstić information content (AvgIpc) is 3.19. The number of thiophene rings is 1. The van der Waals surface area contributed by atoms with E-state index in [9.17, 15) is 9.90 Å². The normalized spacial score (nSPS) is 11.5. The van der Waals surface area contributed by atoms with Gasteiger partial charge in [0.05, 0.1) is 0 Å². The molecule has 0 radical (unpaired) electrons. The van der Waals surface area contributed by atoms with Gasteiger partial charge in [0.15, 0.2) is 0 Å². The van der Waals surface area contributed by atoms with Gasteiger partial charge in [-0.3, -0.25) is 4.79 Å². The second kappa shape index (κ2) is 6.31. The molecule has 0 aliphatic carbocycles. The van der Waals surface area contributed by atoms with Gasteiger partial charge >= 0.3 is 0 Å². The number of carbonyl (C=O) groups excluding carboxylic acids is 1. The van der Waals surface area contributed by atoms with Crippen LogP contribution in [0.1, 0.15) is 26.6 Å². The topological polar surface area (TPSA) is 91.8 Å². The molecular weight excluding hydrogens is 300 g/mol. The summed E-state index contributed by atoms with van der Waals surface area (Å²) in [4.78, 5) is 12.8. The lowest BCUT2D eigenvalue weighted by atomic mass is 10.1. The molecule has 0 saturated heterocycles. The number of ketones is 1. The first-order valence-electron chi connectivity index (χ1n) is 6.53. The fourth-order valence-electron chi connectivity index (χ4n) is 2.02. The summed E-state index contributed by atoms with van der Waals surface area (Å²) in [5.74, 6) is -0.670. The summed E-state index contributed by atoms with van der Waals surface area (Å²) in [6.45, 7) is 0. The highest BCUT2D eigenvalue weighted by atomic mass is 32.1. The minimum Gasteiger partial charge on any atom is -0.507 e. The molecule has 0 bridgehead atoms. The van der Waals surface area contributed by atoms with Gasteiger partial charge in [-0.25, -0.2) is 0 Å². The van der Waals surface area contributed by atoms with E-state index in [4.69, 9.17) is 0 Å². The average molecular weight is 312 g/mol. The van der Waals surface area contributed by atoms with Crippen molar-refractivity contribution < 1.29 is 9.90 Å². The summed E-state index contributed by atoms with van der Waals surface area (Å²) < 4.78 is 0. The highest BCUT2D eigenvalue weighted by Crippen LogP contribution is 2.25. The molecule has 2 heterocycles. The molecule has 6 nitrogen and oxygen atoms in total. The maximum absolute atomic E-state index is 11.9. The Hall–Kier alpha value is -2.80. The predicted octanol–water partition coefficient (Wildman–Crippen LogP) is 2.63. The molecule has 0 spiro atoms. The molecule has 0 amide bonds. The number of H-pyrrole nitrogens is 1. The molecule has 0 aliphatic heterocycles. The van der Waals surface area contributed by atoms with Crippen LogP contribution in [-0.4, -0.2) is 31.5 Å². The van der Waals surface area contributed by atoms with Crippen molar-refractivity contribution in [2.24, 2.45) is 0 Å². The Balaban J connectivity index is 1.83. The molecule has 0 atom stereocenters.